The van der Waals surface area contributed by atoms with E-state index < -0.39 is 11.8 Å². The first kappa shape index (κ1) is 17.9. The van der Waals surface area contributed by atoms with E-state index in [2.05, 4.69) is 22.0 Å². The Labute approximate surface area is 158 Å². The van der Waals surface area contributed by atoms with Crippen molar-refractivity contribution >= 4 is 27.5 Å². The van der Waals surface area contributed by atoms with Crippen molar-refractivity contribution in [3.8, 4) is 29.1 Å². The van der Waals surface area contributed by atoms with Gasteiger partial charge < -0.3 is 25.1 Å². The van der Waals surface area contributed by atoms with E-state index in [1.54, 1.807) is 24.3 Å². The van der Waals surface area contributed by atoms with E-state index in [0.29, 0.717) is 27.1 Å². The minimum Gasteiger partial charge on any atom is -0.503 e. The molecule has 0 bridgehead atoms. The van der Waals surface area contributed by atoms with Crippen molar-refractivity contribution in [2.24, 2.45) is 5.92 Å². The van der Waals surface area contributed by atoms with Crippen LogP contribution in [-0.2, 0) is 0 Å². The molecule has 4 N–H and O–H groups in total. The Bertz CT molecular complexity index is 939. The Morgan fingerprint density at radius 1 is 1.31 bits per heavy atom. The molecular formula is C18H16BrN3O4. The number of nitrogens with zero attached hydrogens (tertiary/aromatic N) is 1. The molecule has 2 atom stereocenters. The lowest BCUT2D eigenvalue weighted by Crippen LogP contribution is -2.31. The number of benzene rings is 2. The molecular weight excluding hydrogens is 402 g/mol. The van der Waals surface area contributed by atoms with E-state index in [4.69, 9.17) is 25.4 Å². The smallest absolute Gasteiger partial charge is 0.205 e. The number of nitrogens with two attached hydrogens (primary N) is 1. The molecule has 8 heteroatoms. The maximum Gasteiger partial charge on any atom is 0.205 e. The minimum absolute atomic E-state index is 0.0948. The van der Waals surface area contributed by atoms with Crippen LogP contribution < -0.4 is 19.9 Å². The van der Waals surface area contributed by atoms with Crippen LogP contribution in [0.15, 0.2) is 28.7 Å². The van der Waals surface area contributed by atoms with Crippen LogP contribution in [0.4, 0.5) is 5.69 Å². The van der Waals surface area contributed by atoms with E-state index in [0.717, 1.165) is 0 Å². The van der Waals surface area contributed by atoms with Crippen LogP contribution in [0.1, 0.15) is 17.0 Å². The second-order valence-corrected chi connectivity index (χ2v) is 6.57. The predicted octanol–water partition coefficient (Wildman–Crippen LogP) is 3.40. The van der Waals surface area contributed by atoms with Crippen molar-refractivity contribution in [3.05, 3.63) is 39.9 Å². The fraction of sp³-hybridized carbons (Fsp3) is 0.222. The van der Waals surface area contributed by atoms with E-state index >= 15 is 0 Å². The molecule has 0 fully saturated rings. The molecule has 0 amide bonds. The number of nitriles is 1. The lowest BCUT2D eigenvalue weighted by molar-refractivity contribution is 0.352. The number of nitrogens with one attached hydrogen (secondary N) is 1. The van der Waals surface area contributed by atoms with Gasteiger partial charge in [0.05, 0.1) is 30.4 Å². The first-order chi connectivity index (χ1) is 12.4. The van der Waals surface area contributed by atoms with Crippen LogP contribution in [0.2, 0.25) is 0 Å². The van der Waals surface area contributed by atoms with E-state index in [9.17, 15) is 10.4 Å². The maximum atomic E-state index is 10.2. The number of rotatable bonds is 3. The Hall–Kier alpha value is -2.92. The van der Waals surface area contributed by atoms with E-state index in [-0.39, 0.29) is 23.1 Å². The molecule has 1 heterocycles. The summed E-state index contributed by atoms with van der Waals surface area (Å²) >= 11 is 3.45. The molecule has 3 rings (SSSR count). The summed E-state index contributed by atoms with van der Waals surface area (Å²) in [4.78, 5) is 0. The first-order valence-corrected chi connectivity index (χ1v) is 8.40. The second-order valence-electron chi connectivity index (χ2n) is 5.71. The first-order valence-electron chi connectivity index (χ1n) is 7.61. The highest BCUT2D eigenvalue weighted by Crippen LogP contribution is 2.49. The average Bonchev–Trinajstić information content (AvgIpc) is 2.63. The summed E-state index contributed by atoms with van der Waals surface area (Å²) in [5.41, 5.74) is 7.15. The number of aromatic hydroxyl groups is 1. The third-order valence-electron chi connectivity index (χ3n) is 4.31. The highest BCUT2D eigenvalue weighted by atomic mass is 79.9. The summed E-state index contributed by atoms with van der Waals surface area (Å²) in [6.45, 7) is 0. The molecule has 2 aromatic carbocycles. The minimum atomic E-state index is -0.865. The molecule has 2 unspecified atom stereocenters. The van der Waals surface area contributed by atoms with Gasteiger partial charge >= 0.3 is 0 Å². The molecule has 26 heavy (non-hydrogen) atoms. The average molecular weight is 418 g/mol. The fourth-order valence-electron chi connectivity index (χ4n) is 3.08. The van der Waals surface area contributed by atoms with Crippen molar-refractivity contribution in [1.82, 2.24) is 0 Å². The summed E-state index contributed by atoms with van der Waals surface area (Å²) in [5.74, 6) is -0.808. The number of nitrogen functional groups attached to an aromatic ring is 1. The second kappa shape index (κ2) is 6.77. The zero-order valence-corrected chi connectivity index (χ0v) is 15.6. The Kier molecular flexibility index (Phi) is 4.66. The van der Waals surface area contributed by atoms with Gasteiger partial charge in [-0.3, -0.25) is 5.41 Å². The maximum absolute atomic E-state index is 10.2. The Balaban J connectivity index is 2.26. The Morgan fingerprint density at radius 2 is 2.04 bits per heavy atom. The molecule has 0 aromatic heterocycles. The number of phenolic OH excluding ortho intramolecular Hbond substituents is 1. The van der Waals surface area contributed by atoms with Gasteiger partial charge in [0.25, 0.3) is 0 Å². The van der Waals surface area contributed by atoms with Crippen LogP contribution in [0.5, 0.6) is 23.0 Å². The van der Waals surface area contributed by atoms with Crippen LogP contribution in [-0.4, -0.2) is 25.2 Å². The molecule has 2 aromatic rings. The summed E-state index contributed by atoms with van der Waals surface area (Å²) in [6.07, 6.45) is 0. The van der Waals surface area contributed by atoms with Gasteiger partial charge in [-0.15, -0.1) is 0 Å². The standard InChI is InChI=1S/C18H16BrN3O4/c1-24-13-6-8(5-11(19)17(13)25-2)14-9-3-4-12(21)15(23)16(9)26-18(22)10(14)7-20/h3-6,10,14,22-23H,21H2,1-2H3. The number of anilines is 1. The highest BCUT2D eigenvalue weighted by Gasteiger charge is 2.39. The number of phenols is 1. The van der Waals surface area contributed by atoms with Crippen LogP contribution in [0.25, 0.3) is 0 Å². The topological polar surface area (TPSA) is 122 Å². The fourth-order valence-corrected chi connectivity index (χ4v) is 3.70. The summed E-state index contributed by atoms with van der Waals surface area (Å²) in [6, 6.07) is 8.89. The van der Waals surface area contributed by atoms with Gasteiger partial charge in [0.1, 0.15) is 5.92 Å². The molecule has 0 radical (unpaired) electrons. The molecule has 0 spiro atoms. The van der Waals surface area contributed by atoms with Crippen LogP contribution in [0, 0.1) is 22.7 Å². The normalized spacial score (nSPS) is 18.5. The quantitative estimate of drug-likeness (QED) is 0.519. The monoisotopic (exact) mass is 417 g/mol. The molecule has 1 aliphatic rings. The lowest BCUT2D eigenvalue weighted by atomic mass is 9.79. The van der Waals surface area contributed by atoms with Gasteiger partial charge in [-0.1, -0.05) is 6.07 Å². The zero-order chi connectivity index (χ0) is 19.0. The number of methoxy groups -OCH3 is 2. The van der Waals surface area contributed by atoms with Gasteiger partial charge in [0, 0.05) is 11.5 Å². The van der Waals surface area contributed by atoms with Crippen molar-refractivity contribution in [1.29, 1.82) is 10.7 Å². The number of halogens is 1. The molecule has 7 nitrogen and oxygen atoms in total. The molecule has 1 aliphatic heterocycles. The third-order valence-corrected chi connectivity index (χ3v) is 4.90. The van der Waals surface area contributed by atoms with Gasteiger partial charge in [0.2, 0.25) is 5.90 Å². The van der Waals surface area contributed by atoms with Gasteiger partial charge in [-0.2, -0.15) is 5.26 Å². The van der Waals surface area contributed by atoms with Gasteiger partial charge in [-0.25, -0.2) is 0 Å². The van der Waals surface area contributed by atoms with E-state index in [1.165, 1.54) is 14.2 Å². The number of ether oxygens (including phenoxy) is 3. The highest BCUT2D eigenvalue weighted by molar-refractivity contribution is 9.10. The van der Waals surface area contributed by atoms with Crippen molar-refractivity contribution < 1.29 is 19.3 Å². The summed E-state index contributed by atoms with van der Waals surface area (Å²) in [7, 11) is 3.04. The molecule has 0 aliphatic carbocycles. The van der Waals surface area contributed by atoms with Crippen molar-refractivity contribution in [3.63, 3.8) is 0 Å². The third kappa shape index (κ3) is 2.70. The van der Waals surface area contributed by atoms with Crippen molar-refractivity contribution in [2.75, 3.05) is 20.0 Å². The lowest BCUT2D eigenvalue weighted by Gasteiger charge is -2.31. The largest absolute Gasteiger partial charge is 0.503 e. The number of hydrogen-bond donors (Lipinski definition) is 3. The van der Waals surface area contributed by atoms with E-state index in [1.807, 2.05) is 0 Å². The van der Waals surface area contributed by atoms with Gasteiger partial charge in [0.15, 0.2) is 23.0 Å². The summed E-state index contributed by atoms with van der Waals surface area (Å²) in [5, 5.41) is 27.9. The molecule has 0 saturated heterocycles. The van der Waals surface area contributed by atoms with Crippen LogP contribution >= 0.6 is 15.9 Å². The number of hydrogen-bond acceptors (Lipinski definition) is 7. The predicted molar refractivity (Wildman–Crippen MR) is 99.1 cm³/mol. The zero-order valence-electron chi connectivity index (χ0n) is 14.0. The van der Waals surface area contributed by atoms with Gasteiger partial charge in [-0.05, 0) is 39.7 Å². The summed E-state index contributed by atoms with van der Waals surface area (Å²) < 4.78 is 16.7. The van der Waals surface area contributed by atoms with Crippen LogP contribution in [0.3, 0.4) is 0 Å². The molecule has 0 saturated carbocycles. The SMILES string of the molecule is COc1cc(C2c3ccc(N)c(O)c3OC(=N)C2C#N)cc(Br)c1OC. The van der Waals surface area contributed by atoms with Crippen molar-refractivity contribution in [2.45, 2.75) is 5.92 Å². The Morgan fingerprint density at radius 3 is 2.65 bits per heavy atom. The molecule has 134 valence electrons. The number of fused-ring (bicyclic) bond motifs is 1.